The molecular formula is C17H20O2Sn. The minimum absolute atomic E-state index is 0.0530. The Morgan fingerprint density at radius 3 is 2.30 bits per heavy atom. The fourth-order valence-corrected chi connectivity index (χ4v) is 5.21. The SMILES string of the molecule is [CH3][Sn]([CH3])([CH3])[c]1cccc(=O)c(OCc2ccccc2)c1. The zero-order chi connectivity index (χ0) is 14.6. The molecule has 0 spiro atoms. The Balaban J connectivity index is 2.28. The van der Waals surface area contributed by atoms with Gasteiger partial charge in [-0.05, 0) is 0 Å². The first-order valence-corrected chi connectivity index (χ1v) is 16.8. The van der Waals surface area contributed by atoms with Gasteiger partial charge in [0.05, 0.1) is 0 Å². The molecule has 0 radical (unpaired) electrons. The van der Waals surface area contributed by atoms with E-state index in [0.29, 0.717) is 12.4 Å². The van der Waals surface area contributed by atoms with Crippen molar-refractivity contribution in [1.29, 1.82) is 0 Å². The summed E-state index contributed by atoms with van der Waals surface area (Å²) in [4.78, 5) is 19.0. The summed E-state index contributed by atoms with van der Waals surface area (Å²) < 4.78 is 7.04. The second-order valence-electron chi connectivity index (χ2n) is 5.88. The van der Waals surface area contributed by atoms with Gasteiger partial charge in [-0.25, -0.2) is 0 Å². The van der Waals surface area contributed by atoms with Crippen LogP contribution in [-0.4, -0.2) is 18.4 Å². The van der Waals surface area contributed by atoms with E-state index in [1.165, 1.54) is 3.58 Å². The quantitative estimate of drug-likeness (QED) is 0.768. The van der Waals surface area contributed by atoms with Crippen LogP contribution in [0.5, 0.6) is 5.75 Å². The number of benzene rings is 1. The van der Waals surface area contributed by atoms with Crippen LogP contribution in [0.2, 0.25) is 14.8 Å². The number of ether oxygens (including phenoxy) is 1. The van der Waals surface area contributed by atoms with Gasteiger partial charge in [0.15, 0.2) is 0 Å². The molecule has 0 saturated heterocycles. The Labute approximate surface area is 124 Å². The van der Waals surface area contributed by atoms with Gasteiger partial charge in [-0.15, -0.1) is 0 Å². The average Bonchev–Trinajstić information content (AvgIpc) is 2.59. The summed E-state index contributed by atoms with van der Waals surface area (Å²) in [5.41, 5.74) is 1.02. The van der Waals surface area contributed by atoms with Crippen LogP contribution >= 0.6 is 0 Å². The van der Waals surface area contributed by atoms with E-state index in [4.69, 9.17) is 4.74 Å². The summed E-state index contributed by atoms with van der Waals surface area (Å²) in [5.74, 6) is 0.459. The molecule has 3 heteroatoms. The van der Waals surface area contributed by atoms with Crippen LogP contribution in [0.25, 0.3) is 0 Å². The first kappa shape index (κ1) is 15.1. The van der Waals surface area contributed by atoms with E-state index in [1.54, 1.807) is 6.07 Å². The number of rotatable bonds is 4. The van der Waals surface area contributed by atoms with Gasteiger partial charge >= 0.3 is 124 Å². The molecule has 2 nitrogen and oxygen atoms in total. The summed E-state index contributed by atoms with van der Waals surface area (Å²) >= 11 is -2.21. The van der Waals surface area contributed by atoms with Gasteiger partial charge in [-0.3, -0.25) is 0 Å². The Morgan fingerprint density at radius 1 is 0.950 bits per heavy atom. The Kier molecular flexibility index (Phi) is 4.86. The van der Waals surface area contributed by atoms with E-state index >= 15 is 0 Å². The Bertz CT molecular complexity index is 630. The van der Waals surface area contributed by atoms with Crippen molar-refractivity contribution in [2.45, 2.75) is 21.4 Å². The van der Waals surface area contributed by atoms with Crippen LogP contribution in [0.4, 0.5) is 0 Å². The van der Waals surface area contributed by atoms with Crippen LogP contribution in [-0.2, 0) is 6.61 Å². The van der Waals surface area contributed by atoms with Gasteiger partial charge < -0.3 is 0 Å². The topological polar surface area (TPSA) is 26.3 Å². The molecule has 0 N–H and O–H groups in total. The van der Waals surface area contributed by atoms with Crippen LogP contribution in [0.15, 0.2) is 59.4 Å². The van der Waals surface area contributed by atoms with Gasteiger partial charge in [0.2, 0.25) is 0 Å². The predicted molar refractivity (Wildman–Crippen MR) is 86.5 cm³/mol. The summed E-state index contributed by atoms with van der Waals surface area (Å²) in [5, 5.41) is 0. The zero-order valence-corrected chi connectivity index (χ0v) is 15.1. The molecular weight excluding hydrogens is 355 g/mol. The molecule has 0 heterocycles. The standard InChI is InChI=1S/C14H11O2.3CH3.Sn/c15-13-9-5-2-6-10-14(13)16-11-12-7-3-1-4-8-12;;;;/h1-5,7-10H,11H2;3*1H3;. The van der Waals surface area contributed by atoms with Gasteiger partial charge in [0.1, 0.15) is 0 Å². The van der Waals surface area contributed by atoms with Gasteiger partial charge in [-0.2, -0.15) is 0 Å². The normalized spacial score (nSPS) is 11.2. The van der Waals surface area contributed by atoms with Crippen LogP contribution in [0.3, 0.4) is 0 Å². The average molecular weight is 375 g/mol. The number of hydrogen-bond acceptors (Lipinski definition) is 2. The molecule has 0 fully saturated rings. The monoisotopic (exact) mass is 376 g/mol. The van der Waals surface area contributed by atoms with E-state index in [9.17, 15) is 4.79 Å². The third kappa shape index (κ3) is 4.10. The van der Waals surface area contributed by atoms with Gasteiger partial charge in [0, 0.05) is 0 Å². The van der Waals surface area contributed by atoms with Crippen molar-refractivity contribution in [3.8, 4) is 5.75 Å². The Hall–Kier alpha value is -1.29. The fourth-order valence-electron chi connectivity index (χ4n) is 1.90. The van der Waals surface area contributed by atoms with E-state index < -0.39 is 18.4 Å². The molecule has 20 heavy (non-hydrogen) atoms. The van der Waals surface area contributed by atoms with Crippen molar-refractivity contribution in [1.82, 2.24) is 0 Å². The molecule has 2 aromatic rings. The molecule has 0 aliphatic carbocycles. The predicted octanol–water partition coefficient (Wildman–Crippen LogP) is 3.17. The number of hydrogen-bond donors (Lipinski definition) is 0. The molecule has 0 unspecified atom stereocenters. The molecule has 0 aliphatic rings. The molecule has 0 atom stereocenters. The molecule has 0 aliphatic heterocycles. The fraction of sp³-hybridized carbons (Fsp3) is 0.235. The third-order valence-electron chi connectivity index (χ3n) is 3.16. The first-order valence-electron chi connectivity index (χ1n) is 6.78. The van der Waals surface area contributed by atoms with Crippen LogP contribution in [0.1, 0.15) is 5.56 Å². The summed E-state index contributed by atoms with van der Waals surface area (Å²) in [6, 6.07) is 17.3. The van der Waals surface area contributed by atoms with Crippen molar-refractivity contribution in [3.63, 3.8) is 0 Å². The summed E-state index contributed by atoms with van der Waals surface area (Å²) in [6.45, 7) is 0.430. The van der Waals surface area contributed by atoms with E-state index in [0.717, 1.165) is 5.56 Å². The minimum atomic E-state index is -2.21. The second kappa shape index (κ2) is 6.44. The zero-order valence-electron chi connectivity index (χ0n) is 12.2. The van der Waals surface area contributed by atoms with E-state index in [-0.39, 0.29) is 5.43 Å². The maximum absolute atomic E-state index is 12.0. The summed E-state index contributed by atoms with van der Waals surface area (Å²) in [7, 11) is 0. The molecule has 104 valence electrons. The molecule has 2 rings (SSSR count). The molecule has 0 aromatic heterocycles. The maximum atomic E-state index is 12.0. The van der Waals surface area contributed by atoms with Crippen molar-refractivity contribution >= 4 is 22.0 Å². The second-order valence-corrected chi connectivity index (χ2v) is 20.4. The van der Waals surface area contributed by atoms with Gasteiger partial charge in [0.25, 0.3) is 0 Å². The molecule has 0 amide bonds. The van der Waals surface area contributed by atoms with Crippen molar-refractivity contribution < 1.29 is 4.74 Å². The molecule has 2 aromatic carbocycles. The van der Waals surface area contributed by atoms with E-state index in [1.807, 2.05) is 42.5 Å². The first-order chi connectivity index (χ1) is 9.47. The third-order valence-corrected chi connectivity index (χ3v) is 8.99. The Morgan fingerprint density at radius 2 is 1.65 bits per heavy atom. The van der Waals surface area contributed by atoms with Crippen molar-refractivity contribution in [2.75, 3.05) is 0 Å². The summed E-state index contributed by atoms with van der Waals surface area (Å²) in [6.07, 6.45) is 0. The van der Waals surface area contributed by atoms with Crippen LogP contribution in [0, 0.1) is 0 Å². The van der Waals surface area contributed by atoms with Crippen LogP contribution < -0.4 is 13.7 Å². The van der Waals surface area contributed by atoms with Gasteiger partial charge in [-0.1, -0.05) is 0 Å². The van der Waals surface area contributed by atoms with Crippen molar-refractivity contribution in [2.24, 2.45) is 0 Å². The van der Waals surface area contributed by atoms with E-state index in [2.05, 4.69) is 20.9 Å². The molecule has 0 saturated carbocycles. The molecule has 0 bridgehead atoms. The van der Waals surface area contributed by atoms with Crippen molar-refractivity contribution in [3.05, 3.63) is 70.4 Å².